The van der Waals surface area contributed by atoms with Gasteiger partial charge < -0.3 is 10.0 Å². The van der Waals surface area contributed by atoms with Gasteiger partial charge in [-0.05, 0) is 53.7 Å². The zero-order valence-corrected chi connectivity index (χ0v) is 15.0. The fourth-order valence-electron chi connectivity index (χ4n) is 3.61. The van der Waals surface area contributed by atoms with Crippen molar-refractivity contribution in [3.63, 3.8) is 0 Å². The number of nitriles is 1. The molecule has 1 amide bonds. The van der Waals surface area contributed by atoms with Gasteiger partial charge in [0.25, 0.3) is 5.91 Å². The molecule has 1 atom stereocenters. The van der Waals surface area contributed by atoms with Crippen LogP contribution in [0.15, 0.2) is 36.4 Å². The van der Waals surface area contributed by atoms with E-state index in [9.17, 15) is 23.1 Å². The SMILES string of the molecule is N#Cc1ccc(N2C(=O)C3Cc4ccc(O)cc4CN3C2=S)cc1C(F)(F)F. The van der Waals surface area contributed by atoms with Crippen molar-refractivity contribution in [2.75, 3.05) is 4.90 Å². The first-order valence-electron chi connectivity index (χ1n) is 8.27. The molecule has 1 fully saturated rings. The quantitative estimate of drug-likeness (QED) is 0.740. The summed E-state index contributed by atoms with van der Waals surface area (Å²) in [5, 5.41) is 18.7. The maximum absolute atomic E-state index is 13.3. The first-order chi connectivity index (χ1) is 13.2. The Morgan fingerprint density at radius 2 is 1.93 bits per heavy atom. The predicted octanol–water partition coefficient (Wildman–Crippen LogP) is 3.34. The Kier molecular flexibility index (Phi) is 4.05. The second kappa shape index (κ2) is 6.21. The molecule has 1 unspecified atom stereocenters. The average molecular weight is 403 g/mol. The van der Waals surface area contributed by atoms with Crippen LogP contribution in [0.4, 0.5) is 18.9 Å². The second-order valence-electron chi connectivity index (χ2n) is 6.60. The van der Waals surface area contributed by atoms with E-state index in [0.717, 1.165) is 28.2 Å². The standard InChI is InChI=1S/C19H12F3N3O2S/c20-19(21,22)15-7-13(3-1-11(15)8-23)25-17(27)16-6-10-2-4-14(26)5-12(10)9-24(16)18(25)28/h1-5,7,16,26H,6,9H2. The Morgan fingerprint density at radius 1 is 1.18 bits per heavy atom. The number of fused-ring (bicyclic) bond motifs is 2. The third-order valence-corrected chi connectivity index (χ3v) is 5.37. The molecular formula is C19H12F3N3O2S. The van der Waals surface area contributed by atoms with Crippen LogP contribution in [0.5, 0.6) is 5.75 Å². The van der Waals surface area contributed by atoms with Gasteiger partial charge >= 0.3 is 6.18 Å². The lowest BCUT2D eigenvalue weighted by atomic mass is 9.94. The topological polar surface area (TPSA) is 67.6 Å². The van der Waals surface area contributed by atoms with Crippen molar-refractivity contribution in [1.29, 1.82) is 5.26 Å². The third-order valence-electron chi connectivity index (χ3n) is 4.95. The van der Waals surface area contributed by atoms with Gasteiger partial charge in [0.2, 0.25) is 0 Å². The van der Waals surface area contributed by atoms with Gasteiger partial charge in [-0.1, -0.05) is 6.07 Å². The maximum Gasteiger partial charge on any atom is 0.417 e. The molecule has 2 heterocycles. The molecule has 0 bridgehead atoms. The zero-order valence-electron chi connectivity index (χ0n) is 14.2. The van der Waals surface area contributed by atoms with Gasteiger partial charge in [0.15, 0.2) is 5.11 Å². The zero-order chi connectivity index (χ0) is 20.2. The van der Waals surface area contributed by atoms with Crippen molar-refractivity contribution in [3.05, 3.63) is 58.7 Å². The van der Waals surface area contributed by atoms with Crippen LogP contribution in [0.3, 0.4) is 0 Å². The summed E-state index contributed by atoms with van der Waals surface area (Å²) in [7, 11) is 0. The number of thiocarbonyl (C=S) groups is 1. The Bertz CT molecular complexity index is 1060. The number of benzene rings is 2. The fraction of sp³-hybridized carbons (Fsp3) is 0.211. The Hall–Kier alpha value is -3.12. The van der Waals surface area contributed by atoms with E-state index in [2.05, 4.69) is 0 Å². The molecule has 9 heteroatoms. The van der Waals surface area contributed by atoms with Crippen LogP contribution in [0.2, 0.25) is 0 Å². The Morgan fingerprint density at radius 3 is 2.61 bits per heavy atom. The van der Waals surface area contributed by atoms with Crippen molar-refractivity contribution < 1.29 is 23.1 Å². The Labute approximate surface area is 163 Å². The molecule has 2 aliphatic heterocycles. The molecule has 1 N–H and O–H groups in total. The molecule has 1 saturated heterocycles. The van der Waals surface area contributed by atoms with Crippen LogP contribution in [0, 0.1) is 11.3 Å². The van der Waals surface area contributed by atoms with E-state index < -0.39 is 29.3 Å². The molecule has 0 radical (unpaired) electrons. The smallest absolute Gasteiger partial charge is 0.417 e. The number of anilines is 1. The predicted molar refractivity (Wildman–Crippen MR) is 97.4 cm³/mol. The summed E-state index contributed by atoms with van der Waals surface area (Å²) in [6, 6.07) is 8.85. The van der Waals surface area contributed by atoms with E-state index in [-0.39, 0.29) is 23.1 Å². The van der Waals surface area contributed by atoms with E-state index in [1.54, 1.807) is 17.0 Å². The number of hydrogen-bond acceptors (Lipinski definition) is 4. The van der Waals surface area contributed by atoms with Gasteiger partial charge in [-0.3, -0.25) is 9.69 Å². The molecule has 0 spiro atoms. The molecule has 28 heavy (non-hydrogen) atoms. The highest BCUT2D eigenvalue weighted by atomic mass is 32.1. The molecule has 2 aliphatic rings. The summed E-state index contributed by atoms with van der Waals surface area (Å²) in [6.45, 7) is 0.276. The van der Waals surface area contributed by atoms with E-state index in [4.69, 9.17) is 17.5 Å². The first kappa shape index (κ1) is 18.3. The number of amides is 1. The summed E-state index contributed by atoms with van der Waals surface area (Å²) in [4.78, 5) is 15.7. The van der Waals surface area contributed by atoms with Crippen LogP contribution in [-0.4, -0.2) is 27.1 Å². The average Bonchev–Trinajstić information content (AvgIpc) is 2.89. The number of nitrogens with zero attached hydrogens (tertiary/aromatic N) is 3. The van der Waals surface area contributed by atoms with E-state index in [1.165, 1.54) is 18.2 Å². The van der Waals surface area contributed by atoms with E-state index in [1.807, 2.05) is 0 Å². The number of rotatable bonds is 1. The van der Waals surface area contributed by atoms with Gasteiger partial charge in [-0.2, -0.15) is 18.4 Å². The van der Waals surface area contributed by atoms with Gasteiger partial charge in [0.05, 0.1) is 22.9 Å². The summed E-state index contributed by atoms with van der Waals surface area (Å²) in [6.07, 6.45) is -4.39. The lowest BCUT2D eigenvalue weighted by Gasteiger charge is -2.30. The maximum atomic E-state index is 13.3. The number of hydrogen-bond donors (Lipinski definition) is 1. The van der Waals surface area contributed by atoms with Gasteiger partial charge in [-0.15, -0.1) is 0 Å². The number of carbonyl (C=O) groups is 1. The molecule has 5 nitrogen and oxygen atoms in total. The first-order valence-corrected chi connectivity index (χ1v) is 8.68. The lowest BCUT2D eigenvalue weighted by Crippen LogP contribution is -2.39. The van der Waals surface area contributed by atoms with Crippen LogP contribution >= 0.6 is 12.2 Å². The van der Waals surface area contributed by atoms with Crippen molar-refractivity contribution in [3.8, 4) is 11.8 Å². The fourth-order valence-corrected chi connectivity index (χ4v) is 3.99. The van der Waals surface area contributed by atoms with Crippen LogP contribution in [0.1, 0.15) is 22.3 Å². The molecule has 2 aromatic rings. The molecule has 0 aromatic heterocycles. The van der Waals surface area contributed by atoms with E-state index in [0.29, 0.717) is 6.42 Å². The highest BCUT2D eigenvalue weighted by Gasteiger charge is 2.46. The van der Waals surface area contributed by atoms with Crippen molar-refractivity contribution >= 4 is 28.9 Å². The lowest BCUT2D eigenvalue weighted by molar-refractivity contribution is -0.137. The van der Waals surface area contributed by atoms with Crippen molar-refractivity contribution in [2.24, 2.45) is 0 Å². The van der Waals surface area contributed by atoms with Crippen LogP contribution < -0.4 is 4.90 Å². The number of halogens is 3. The normalized spacial score (nSPS) is 18.7. The molecular weight excluding hydrogens is 391 g/mol. The Balaban J connectivity index is 1.73. The van der Waals surface area contributed by atoms with Gasteiger partial charge in [0, 0.05) is 13.0 Å². The number of aromatic hydroxyl groups is 1. The third kappa shape index (κ3) is 2.77. The van der Waals surface area contributed by atoms with Gasteiger partial charge in [0.1, 0.15) is 11.8 Å². The van der Waals surface area contributed by atoms with Gasteiger partial charge in [-0.25, -0.2) is 0 Å². The monoisotopic (exact) mass is 403 g/mol. The van der Waals surface area contributed by atoms with Crippen LogP contribution in [0.25, 0.3) is 0 Å². The number of carbonyl (C=O) groups excluding carboxylic acids is 1. The number of alkyl halides is 3. The van der Waals surface area contributed by atoms with Crippen molar-refractivity contribution in [2.45, 2.75) is 25.2 Å². The minimum Gasteiger partial charge on any atom is -0.508 e. The van der Waals surface area contributed by atoms with E-state index >= 15 is 0 Å². The molecule has 2 aromatic carbocycles. The highest BCUT2D eigenvalue weighted by Crippen LogP contribution is 2.38. The molecule has 0 saturated carbocycles. The van der Waals surface area contributed by atoms with Crippen LogP contribution in [-0.2, 0) is 23.9 Å². The summed E-state index contributed by atoms with van der Waals surface area (Å²) >= 11 is 5.38. The minimum absolute atomic E-state index is 0.0253. The number of phenols is 1. The second-order valence-corrected chi connectivity index (χ2v) is 6.96. The summed E-state index contributed by atoms with van der Waals surface area (Å²) < 4.78 is 39.9. The summed E-state index contributed by atoms with van der Waals surface area (Å²) in [5.41, 5.74) is 0.0372. The van der Waals surface area contributed by atoms with Crippen molar-refractivity contribution in [1.82, 2.24) is 4.90 Å². The molecule has 4 rings (SSSR count). The number of phenolic OH excluding ortho intramolecular Hbond substituents is 1. The summed E-state index contributed by atoms with van der Waals surface area (Å²) in [5.74, 6) is -0.325. The molecule has 0 aliphatic carbocycles. The highest BCUT2D eigenvalue weighted by molar-refractivity contribution is 7.80. The largest absolute Gasteiger partial charge is 0.508 e. The minimum atomic E-state index is -4.73. The molecule has 142 valence electrons.